The van der Waals surface area contributed by atoms with Crippen LogP contribution >= 0.6 is 0 Å². The third-order valence-electron chi connectivity index (χ3n) is 11.0. The van der Waals surface area contributed by atoms with Gasteiger partial charge in [-0.1, -0.05) is 224 Å². The van der Waals surface area contributed by atoms with Crippen LogP contribution in [0.25, 0.3) is 95.2 Å². The predicted octanol–water partition coefficient (Wildman–Crippen LogP) is 14.6. The normalized spacial score (nSPS) is 11.1. The SMILES string of the molecule is c1ccc(-c2ccc(-c3ccc(-c4nc(-c5ccc(-c6ccc(-c7ccccc7)cc6)cc5)n(-c5ccc(-c6ccc(-c7ccccc7)cc6)cc5)n4)cc3)cc2)cc1. The molecule has 59 heavy (non-hydrogen) atoms. The van der Waals surface area contributed by atoms with E-state index in [1.807, 2.05) is 22.9 Å². The fourth-order valence-electron chi connectivity index (χ4n) is 7.68. The van der Waals surface area contributed by atoms with Crippen molar-refractivity contribution < 1.29 is 0 Å². The summed E-state index contributed by atoms with van der Waals surface area (Å²) in [6.45, 7) is 0. The van der Waals surface area contributed by atoms with Crippen molar-refractivity contribution in [1.29, 1.82) is 0 Å². The largest absolute Gasteiger partial charge is 0.213 e. The average molecular weight is 754 g/mol. The lowest BCUT2D eigenvalue weighted by Gasteiger charge is -2.09. The minimum absolute atomic E-state index is 0.673. The molecule has 0 atom stereocenters. The first-order valence-corrected chi connectivity index (χ1v) is 20.0. The van der Waals surface area contributed by atoms with E-state index < -0.39 is 0 Å². The lowest BCUT2D eigenvalue weighted by molar-refractivity contribution is 0.891. The molecule has 3 heteroatoms. The van der Waals surface area contributed by atoms with Gasteiger partial charge >= 0.3 is 0 Å². The van der Waals surface area contributed by atoms with E-state index >= 15 is 0 Å². The standard InChI is InChI=1S/C56H39N3/c1-4-10-40(11-5-1)43-16-22-46(23-17-43)49-28-32-52(33-29-49)55-57-56(53-34-30-50(31-35-53)47-24-18-44(19-25-47)41-12-6-2-7-13-41)59(58-55)54-38-36-51(37-39-54)48-26-20-45(21-27-48)42-14-8-3-9-15-42/h1-39H. The van der Waals surface area contributed by atoms with Crippen molar-refractivity contribution in [3.05, 3.63) is 237 Å². The van der Waals surface area contributed by atoms with Crippen LogP contribution in [0.15, 0.2) is 237 Å². The summed E-state index contributed by atoms with van der Waals surface area (Å²) < 4.78 is 1.97. The number of benzene rings is 9. The summed E-state index contributed by atoms with van der Waals surface area (Å²) in [7, 11) is 0. The van der Waals surface area contributed by atoms with Crippen molar-refractivity contribution in [2.75, 3.05) is 0 Å². The minimum Gasteiger partial charge on any atom is -0.213 e. The van der Waals surface area contributed by atoms with Gasteiger partial charge < -0.3 is 0 Å². The maximum absolute atomic E-state index is 5.19. The van der Waals surface area contributed by atoms with Crippen molar-refractivity contribution in [3.63, 3.8) is 0 Å². The summed E-state index contributed by atoms with van der Waals surface area (Å²) in [6.07, 6.45) is 0. The van der Waals surface area contributed by atoms with Gasteiger partial charge in [0.05, 0.1) is 5.69 Å². The molecule has 10 aromatic rings. The smallest absolute Gasteiger partial charge is 0.182 e. The molecular formula is C56H39N3. The molecule has 278 valence electrons. The highest BCUT2D eigenvalue weighted by atomic mass is 15.4. The summed E-state index contributed by atoms with van der Waals surface area (Å²) in [5.74, 6) is 1.46. The Balaban J connectivity index is 0.958. The zero-order valence-corrected chi connectivity index (χ0v) is 32.4. The summed E-state index contributed by atoms with van der Waals surface area (Å²) in [4.78, 5) is 5.19. The van der Waals surface area contributed by atoms with E-state index in [-0.39, 0.29) is 0 Å². The molecule has 1 heterocycles. The van der Waals surface area contributed by atoms with E-state index in [0.717, 1.165) is 44.9 Å². The second-order valence-electron chi connectivity index (χ2n) is 14.7. The summed E-state index contributed by atoms with van der Waals surface area (Å²) in [5.41, 5.74) is 17.1. The van der Waals surface area contributed by atoms with Crippen LogP contribution in [0.1, 0.15) is 0 Å². The maximum atomic E-state index is 5.19. The first kappa shape index (κ1) is 35.5. The van der Waals surface area contributed by atoms with Crippen LogP contribution in [0.5, 0.6) is 0 Å². The van der Waals surface area contributed by atoms with Crippen molar-refractivity contribution >= 4 is 0 Å². The molecule has 0 N–H and O–H groups in total. The molecule has 0 saturated carbocycles. The lowest BCUT2D eigenvalue weighted by atomic mass is 9.99. The van der Waals surface area contributed by atoms with E-state index in [4.69, 9.17) is 10.1 Å². The average Bonchev–Trinajstić information content (AvgIpc) is 3.78. The molecule has 0 saturated heterocycles. The van der Waals surface area contributed by atoms with Crippen LogP contribution in [0, 0.1) is 0 Å². The van der Waals surface area contributed by atoms with Crippen molar-refractivity contribution in [2.24, 2.45) is 0 Å². The van der Waals surface area contributed by atoms with E-state index in [9.17, 15) is 0 Å². The van der Waals surface area contributed by atoms with Crippen LogP contribution in [0.2, 0.25) is 0 Å². The number of aromatic nitrogens is 3. The molecule has 10 rings (SSSR count). The third kappa shape index (κ3) is 7.53. The Morgan fingerprint density at radius 2 is 0.458 bits per heavy atom. The molecule has 0 unspecified atom stereocenters. The second-order valence-corrected chi connectivity index (χ2v) is 14.7. The number of hydrogen-bond donors (Lipinski definition) is 0. The fraction of sp³-hybridized carbons (Fsp3) is 0. The van der Waals surface area contributed by atoms with Gasteiger partial charge in [-0.2, -0.15) is 0 Å². The molecule has 0 radical (unpaired) electrons. The fourth-order valence-corrected chi connectivity index (χ4v) is 7.68. The topological polar surface area (TPSA) is 30.7 Å². The van der Waals surface area contributed by atoms with Crippen molar-refractivity contribution in [2.45, 2.75) is 0 Å². The summed E-state index contributed by atoms with van der Waals surface area (Å²) >= 11 is 0. The van der Waals surface area contributed by atoms with E-state index in [1.54, 1.807) is 0 Å². The molecule has 0 aliphatic carbocycles. The molecule has 0 bridgehead atoms. The Morgan fingerprint density at radius 1 is 0.220 bits per heavy atom. The Labute approximate surface area is 345 Å². The van der Waals surface area contributed by atoms with Gasteiger partial charge in [0, 0.05) is 11.1 Å². The van der Waals surface area contributed by atoms with E-state index in [2.05, 4.69) is 218 Å². The van der Waals surface area contributed by atoms with Crippen LogP contribution in [0.4, 0.5) is 0 Å². The Hall–Kier alpha value is -7.88. The van der Waals surface area contributed by atoms with Gasteiger partial charge in [0.15, 0.2) is 11.6 Å². The highest BCUT2D eigenvalue weighted by Crippen LogP contribution is 2.32. The Kier molecular flexibility index (Phi) is 9.59. The molecule has 0 aliphatic heterocycles. The van der Waals surface area contributed by atoms with Crippen molar-refractivity contribution in [1.82, 2.24) is 14.8 Å². The van der Waals surface area contributed by atoms with E-state index in [1.165, 1.54) is 44.5 Å². The van der Waals surface area contributed by atoms with Gasteiger partial charge in [0.25, 0.3) is 0 Å². The quantitative estimate of drug-likeness (QED) is 0.147. The molecular weight excluding hydrogens is 715 g/mol. The van der Waals surface area contributed by atoms with Crippen molar-refractivity contribution in [3.8, 4) is 95.2 Å². The van der Waals surface area contributed by atoms with Crippen LogP contribution < -0.4 is 0 Å². The highest BCUT2D eigenvalue weighted by Gasteiger charge is 2.16. The molecule has 0 spiro atoms. The van der Waals surface area contributed by atoms with Gasteiger partial charge in [0.1, 0.15) is 0 Å². The van der Waals surface area contributed by atoms with Gasteiger partial charge in [0.2, 0.25) is 0 Å². The summed E-state index contributed by atoms with van der Waals surface area (Å²) in [6, 6.07) is 83.5. The number of hydrogen-bond acceptors (Lipinski definition) is 2. The van der Waals surface area contributed by atoms with Gasteiger partial charge in [-0.05, 0) is 78.9 Å². The lowest BCUT2D eigenvalue weighted by Crippen LogP contribution is -1.99. The first-order valence-electron chi connectivity index (χ1n) is 20.0. The van der Waals surface area contributed by atoms with E-state index in [0.29, 0.717) is 5.82 Å². The second kappa shape index (κ2) is 15.9. The highest BCUT2D eigenvalue weighted by molar-refractivity contribution is 5.76. The van der Waals surface area contributed by atoms with Crippen LogP contribution in [-0.4, -0.2) is 14.8 Å². The number of rotatable bonds is 9. The predicted molar refractivity (Wildman–Crippen MR) is 245 cm³/mol. The molecule has 9 aromatic carbocycles. The van der Waals surface area contributed by atoms with Gasteiger partial charge in [-0.3, -0.25) is 0 Å². The van der Waals surface area contributed by atoms with Gasteiger partial charge in [-0.15, -0.1) is 5.10 Å². The summed E-state index contributed by atoms with van der Waals surface area (Å²) in [5, 5.41) is 5.15. The van der Waals surface area contributed by atoms with Gasteiger partial charge in [-0.25, -0.2) is 9.67 Å². The monoisotopic (exact) mass is 753 g/mol. The maximum Gasteiger partial charge on any atom is 0.182 e. The first-order chi connectivity index (χ1) is 29.2. The third-order valence-corrected chi connectivity index (χ3v) is 11.0. The zero-order chi connectivity index (χ0) is 39.4. The molecule has 1 aromatic heterocycles. The molecule has 0 aliphatic rings. The Bertz CT molecular complexity index is 2790. The zero-order valence-electron chi connectivity index (χ0n) is 32.4. The molecule has 0 amide bonds. The minimum atomic E-state index is 0.673. The molecule has 3 nitrogen and oxygen atoms in total. The Morgan fingerprint density at radius 3 is 0.763 bits per heavy atom. The van der Waals surface area contributed by atoms with Crippen LogP contribution in [-0.2, 0) is 0 Å². The number of nitrogens with zero attached hydrogens (tertiary/aromatic N) is 3. The molecule has 0 fully saturated rings. The van der Waals surface area contributed by atoms with Crippen LogP contribution in [0.3, 0.4) is 0 Å².